The van der Waals surface area contributed by atoms with Gasteiger partial charge in [0, 0.05) is 27.3 Å². The molecule has 5 aromatic rings. The predicted octanol–water partition coefficient (Wildman–Crippen LogP) is 4.56. The number of nitrogens with one attached hydrogen (secondary N) is 2. The maximum Gasteiger partial charge on any atom is 0.417 e. The maximum atomic E-state index is 13.2. The van der Waals surface area contributed by atoms with Gasteiger partial charge in [-0.25, -0.2) is 9.50 Å². The molecule has 5 aromatic heterocycles. The Morgan fingerprint density at radius 1 is 1.11 bits per heavy atom. The maximum absolute atomic E-state index is 13.2. The molecule has 0 saturated carbocycles. The number of aromatic nitrogens is 6. The molecule has 0 fully saturated rings. The number of pyridine rings is 3. The van der Waals surface area contributed by atoms with Crippen molar-refractivity contribution in [2.75, 3.05) is 17.7 Å². The van der Waals surface area contributed by atoms with Gasteiger partial charge in [0.25, 0.3) is 5.56 Å². The molecule has 186 valence electrons. The molecule has 0 aromatic carbocycles. The Hall–Kier alpha value is -4.26. The first-order valence-electron chi connectivity index (χ1n) is 10.5. The third kappa shape index (κ3) is 3.96. The third-order valence-corrected chi connectivity index (χ3v) is 5.92. The average Bonchev–Trinajstić information content (AvgIpc) is 3.38. The molecule has 0 atom stereocenters. The van der Waals surface area contributed by atoms with Crippen molar-refractivity contribution in [3.8, 4) is 11.5 Å². The van der Waals surface area contributed by atoms with Gasteiger partial charge < -0.3 is 24.5 Å². The highest BCUT2D eigenvalue weighted by atomic mass is 35.5. The number of hydrogen-bond donors (Lipinski definition) is 2. The molecule has 0 aliphatic rings. The fourth-order valence-corrected chi connectivity index (χ4v) is 3.98. The molecular formula is C22H18ClF3N8O2. The van der Waals surface area contributed by atoms with E-state index in [1.54, 1.807) is 24.8 Å². The van der Waals surface area contributed by atoms with E-state index < -0.39 is 17.3 Å². The minimum Gasteiger partial charge on any atom is -0.450 e. The van der Waals surface area contributed by atoms with Crippen LogP contribution in [0.4, 0.5) is 30.5 Å². The van der Waals surface area contributed by atoms with Gasteiger partial charge >= 0.3 is 6.18 Å². The summed E-state index contributed by atoms with van der Waals surface area (Å²) in [4.78, 5) is 21.0. The highest BCUT2D eigenvalue weighted by molar-refractivity contribution is 6.36. The van der Waals surface area contributed by atoms with Gasteiger partial charge in [-0.2, -0.15) is 23.3 Å². The molecule has 0 bridgehead atoms. The summed E-state index contributed by atoms with van der Waals surface area (Å²) in [5.41, 5.74) is 0.182. The Bertz CT molecular complexity index is 1690. The first-order chi connectivity index (χ1) is 17.1. The number of rotatable bonds is 5. The monoisotopic (exact) mass is 518 g/mol. The van der Waals surface area contributed by atoms with E-state index >= 15 is 0 Å². The van der Waals surface area contributed by atoms with Gasteiger partial charge in [-0.3, -0.25) is 4.79 Å². The first-order valence-corrected chi connectivity index (χ1v) is 10.8. The molecule has 0 unspecified atom stereocenters. The second-order valence-corrected chi connectivity index (χ2v) is 8.27. The molecule has 14 heteroatoms. The molecule has 0 aliphatic carbocycles. The second kappa shape index (κ2) is 8.45. The van der Waals surface area contributed by atoms with Crippen LogP contribution < -0.4 is 20.9 Å². The largest absolute Gasteiger partial charge is 0.450 e. The number of ether oxygens (including phenoxy) is 1. The molecule has 0 spiro atoms. The smallest absolute Gasteiger partial charge is 0.417 e. The Morgan fingerprint density at radius 2 is 1.89 bits per heavy atom. The van der Waals surface area contributed by atoms with Crippen molar-refractivity contribution in [3.63, 3.8) is 0 Å². The predicted molar refractivity (Wildman–Crippen MR) is 128 cm³/mol. The zero-order valence-corrected chi connectivity index (χ0v) is 19.8. The lowest BCUT2D eigenvalue weighted by Crippen LogP contribution is -2.23. The van der Waals surface area contributed by atoms with E-state index in [0.717, 1.165) is 22.5 Å². The number of anilines is 3. The average molecular weight is 519 g/mol. The van der Waals surface area contributed by atoms with Crippen molar-refractivity contribution in [1.29, 1.82) is 0 Å². The lowest BCUT2D eigenvalue weighted by Gasteiger charge is -2.12. The molecule has 10 nitrogen and oxygen atoms in total. The topological polar surface area (TPSA) is 103 Å². The summed E-state index contributed by atoms with van der Waals surface area (Å²) < 4.78 is 49.7. The lowest BCUT2D eigenvalue weighted by molar-refractivity contribution is -0.138. The van der Waals surface area contributed by atoms with Crippen molar-refractivity contribution >= 4 is 45.6 Å². The van der Waals surface area contributed by atoms with Crippen LogP contribution in [0.2, 0.25) is 5.02 Å². The summed E-state index contributed by atoms with van der Waals surface area (Å²) in [5, 5.41) is 10.1. The summed E-state index contributed by atoms with van der Waals surface area (Å²) in [6.07, 6.45) is 0.816. The molecule has 36 heavy (non-hydrogen) atoms. The quantitative estimate of drug-likeness (QED) is 0.351. The Balaban J connectivity index is 1.52. The van der Waals surface area contributed by atoms with Crippen LogP contribution >= 0.6 is 11.6 Å². The van der Waals surface area contributed by atoms with Crippen molar-refractivity contribution in [2.45, 2.75) is 6.18 Å². The zero-order valence-electron chi connectivity index (χ0n) is 19.1. The number of nitrogens with zero attached hydrogens (tertiary/aromatic N) is 6. The van der Waals surface area contributed by atoms with Gasteiger partial charge in [-0.05, 0) is 18.2 Å². The van der Waals surface area contributed by atoms with Gasteiger partial charge in [0.1, 0.15) is 21.7 Å². The molecule has 0 saturated heterocycles. The number of fused-ring (bicyclic) bond motifs is 2. The molecule has 5 rings (SSSR count). The number of imidazole rings is 1. The normalized spacial score (nSPS) is 11.9. The summed E-state index contributed by atoms with van der Waals surface area (Å²) in [6, 6.07) is 4.43. The SMILES string of the molecule is CNc1ccc2c(Oc3cnc4nc(Nc5cc(C(F)(F)F)cn(C)c5=O)n(C)c4c3Cl)cnn2c1. The van der Waals surface area contributed by atoms with Gasteiger partial charge in [0.05, 0.1) is 29.8 Å². The number of alkyl halides is 3. The number of halogens is 4. The molecule has 5 heterocycles. The first kappa shape index (κ1) is 23.5. The molecule has 0 amide bonds. The van der Waals surface area contributed by atoms with Crippen LogP contribution in [0.5, 0.6) is 11.5 Å². The van der Waals surface area contributed by atoms with E-state index in [2.05, 4.69) is 25.7 Å². The van der Waals surface area contributed by atoms with Crippen LogP contribution in [0.3, 0.4) is 0 Å². The van der Waals surface area contributed by atoms with E-state index in [1.807, 2.05) is 12.1 Å². The Kier molecular flexibility index (Phi) is 5.51. The van der Waals surface area contributed by atoms with Crippen LogP contribution in [0.25, 0.3) is 16.7 Å². The van der Waals surface area contributed by atoms with Gasteiger partial charge in [0.15, 0.2) is 17.1 Å². The van der Waals surface area contributed by atoms with Crippen molar-refractivity contribution in [3.05, 3.63) is 63.9 Å². The van der Waals surface area contributed by atoms with Crippen LogP contribution in [0, 0.1) is 0 Å². The summed E-state index contributed by atoms with van der Waals surface area (Å²) >= 11 is 6.62. The number of aryl methyl sites for hydroxylation is 2. The minimum absolute atomic E-state index is 0.0727. The Morgan fingerprint density at radius 3 is 2.61 bits per heavy atom. The van der Waals surface area contributed by atoms with Crippen LogP contribution in [0.15, 0.2) is 47.8 Å². The van der Waals surface area contributed by atoms with E-state index in [0.29, 0.717) is 16.8 Å². The highest BCUT2D eigenvalue weighted by Gasteiger charge is 2.32. The second-order valence-electron chi connectivity index (χ2n) is 7.89. The standard InChI is InChI=1S/C22H18ClF3N8O2/c1-27-12-4-5-14-15(8-29-34(14)10-12)36-16-7-28-19-18(17(16)23)33(3)21(31-19)30-13-6-11(22(24,25)26)9-32(2)20(13)35/h4-10,27H,1-3H3,(H,28,30,31). The minimum atomic E-state index is -4.63. The highest BCUT2D eigenvalue weighted by Crippen LogP contribution is 2.37. The number of hydrogen-bond acceptors (Lipinski definition) is 7. The molecular weight excluding hydrogens is 501 g/mol. The fraction of sp³-hybridized carbons (Fsp3) is 0.182. The van der Waals surface area contributed by atoms with E-state index in [9.17, 15) is 18.0 Å². The third-order valence-electron chi connectivity index (χ3n) is 5.55. The van der Waals surface area contributed by atoms with Crippen molar-refractivity contribution in [2.24, 2.45) is 14.1 Å². The molecule has 0 aliphatic heterocycles. The summed E-state index contributed by atoms with van der Waals surface area (Å²) in [7, 11) is 4.62. The fourth-order valence-electron chi connectivity index (χ4n) is 3.68. The zero-order chi connectivity index (χ0) is 25.8. The van der Waals surface area contributed by atoms with Crippen LogP contribution in [0.1, 0.15) is 5.56 Å². The molecule has 0 radical (unpaired) electrons. The van der Waals surface area contributed by atoms with Crippen molar-refractivity contribution < 1.29 is 17.9 Å². The van der Waals surface area contributed by atoms with E-state index in [1.165, 1.54) is 24.0 Å². The lowest BCUT2D eigenvalue weighted by atomic mass is 10.2. The van der Waals surface area contributed by atoms with E-state index in [4.69, 9.17) is 16.3 Å². The van der Waals surface area contributed by atoms with Gasteiger partial charge in [-0.15, -0.1) is 0 Å². The van der Waals surface area contributed by atoms with Gasteiger partial charge in [-0.1, -0.05) is 11.6 Å². The van der Waals surface area contributed by atoms with E-state index in [-0.39, 0.29) is 28.1 Å². The Labute approximate surface area is 205 Å². The summed E-state index contributed by atoms with van der Waals surface area (Å²) in [6.45, 7) is 0. The summed E-state index contributed by atoms with van der Waals surface area (Å²) in [5.74, 6) is 0.735. The van der Waals surface area contributed by atoms with Gasteiger partial charge in [0.2, 0.25) is 5.95 Å². The van der Waals surface area contributed by atoms with Crippen LogP contribution in [-0.2, 0) is 20.3 Å². The molecule has 2 N–H and O–H groups in total. The van der Waals surface area contributed by atoms with Crippen LogP contribution in [-0.4, -0.2) is 35.8 Å². The van der Waals surface area contributed by atoms with Crippen molar-refractivity contribution in [1.82, 2.24) is 28.7 Å².